The van der Waals surface area contributed by atoms with Crippen molar-refractivity contribution in [3.63, 3.8) is 0 Å². The van der Waals surface area contributed by atoms with Crippen LogP contribution in [0.5, 0.6) is 5.75 Å². The molecule has 2 N–H and O–H groups in total. The first-order chi connectivity index (χ1) is 10.6. The molecule has 5 heteroatoms. The predicted molar refractivity (Wildman–Crippen MR) is 92.9 cm³/mol. The van der Waals surface area contributed by atoms with Gasteiger partial charge in [0.15, 0.2) is 0 Å². The van der Waals surface area contributed by atoms with Crippen LogP contribution < -0.4 is 10.5 Å². The number of carbonyl (C=O) groups is 1. The van der Waals surface area contributed by atoms with Crippen molar-refractivity contribution in [2.75, 3.05) is 7.11 Å². The van der Waals surface area contributed by atoms with Gasteiger partial charge in [-0.2, -0.15) is 0 Å². The average Bonchev–Trinajstić information content (AvgIpc) is 2.53. The molecule has 0 aliphatic rings. The number of methoxy groups -OCH3 is 1. The molecule has 0 aliphatic heterocycles. The zero-order valence-electron chi connectivity index (χ0n) is 13.3. The number of ether oxygens (including phenoxy) is 2. The van der Waals surface area contributed by atoms with E-state index in [-0.39, 0.29) is 12.4 Å². The Morgan fingerprint density at radius 1 is 1.13 bits per heavy atom. The lowest BCUT2D eigenvalue weighted by Crippen LogP contribution is -2.33. The second-order valence-electron chi connectivity index (χ2n) is 5.26. The second-order valence-corrected chi connectivity index (χ2v) is 5.26. The van der Waals surface area contributed by atoms with E-state index in [1.54, 1.807) is 0 Å². The molecule has 23 heavy (non-hydrogen) atoms. The Kier molecular flexibility index (Phi) is 7.59. The molecule has 1 atom stereocenters. The number of nitrogens with two attached hydrogens (primary N) is 1. The Balaban J connectivity index is 0.00000264. The number of hydrogen-bond acceptors (Lipinski definition) is 4. The highest BCUT2D eigenvalue weighted by atomic mass is 35.5. The van der Waals surface area contributed by atoms with Crippen LogP contribution in [0.4, 0.5) is 0 Å². The van der Waals surface area contributed by atoms with E-state index in [4.69, 9.17) is 10.5 Å². The van der Waals surface area contributed by atoms with Gasteiger partial charge in [-0.1, -0.05) is 42.0 Å². The van der Waals surface area contributed by atoms with E-state index < -0.39 is 12.0 Å². The number of halogens is 1. The maximum Gasteiger partial charge on any atom is 0.322 e. The van der Waals surface area contributed by atoms with Gasteiger partial charge in [-0.25, -0.2) is 0 Å². The number of hydrogen-bond donors (Lipinski definition) is 1. The van der Waals surface area contributed by atoms with Crippen LogP contribution in [-0.2, 0) is 22.6 Å². The molecule has 0 saturated carbocycles. The third-order valence-electron chi connectivity index (χ3n) is 3.37. The minimum atomic E-state index is -0.635. The van der Waals surface area contributed by atoms with Crippen LogP contribution >= 0.6 is 12.4 Å². The van der Waals surface area contributed by atoms with Crippen LogP contribution in [0.3, 0.4) is 0 Å². The molecule has 0 aromatic heterocycles. The van der Waals surface area contributed by atoms with E-state index in [0.29, 0.717) is 13.0 Å². The first-order valence-corrected chi connectivity index (χ1v) is 7.19. The zero-order valence-corrected chi connectivity index (χ0v) is 14.1. The Labute approximate surface area is 143 Å². The number of aryl methyl sites for hydroxylation is 1. The highest BCUT2D eigenvalue weighted by Crippen LogP contribution is 2.15. The van der Waals surface area contributed by atoms with Crippen molar-refractivity contribution in [2.45, 2.75) is 26.0 Å². The SMILES string of the molecule is COC(=O)C(N)Cc1ccc(OCc2cccc(C)c2)cc1.Cl. The fourth-order valence-electron chi connectivity index (χ4n) is 2.18. The summed E-state index contributed by atoms with van der Waals surface area (Å²) in [5.74, 6) is 0.386. The van der Waals surface area contributed by atoms with Crippen molar-refractivity contribution in [1.82, 2.24) is 0 Å². The normalized spacial score (nSPS) is 11.3. The van der Waals surface area contributed by atoms with Gasteiger partial charge >= 0.3 is 5.97 Å². The lowest BCUT2D eigenvalue weighted by atomic mass is 10.1. The molecule has 2 aromatic carbocycles. The topological polar surface area (TPSA) is 61.5 Å². The lowest BCUT2D eigenvalue weighted by molar-refractivity contribution is -0.142. The van der Waals surface area contributed by atoms with Gasteiger partial charge in [0.05, 0.1) is 7.11 Å². The van der Waals surface area contributed by atoms with Crippen molar-refractivity contribution in [3.8, 4) is 5.75 Å². The van der Waals surface area contributed by atoms with Crippen LogP contribution in [0, 0.1) is 6.92 Å². The van der Waals surface area contributed by atoms with Gasteiger partial charge in [-0.3, -0.25) is 4.79 Å². The number of benzene rings is 2. The summed E-state index contributed by atoms with van der Waals surface area (Å²) in [5, 5.41) is 0. The average molecular weight is 336 g/mol. The third kappa shape index (κ3) is 5.93. The Bertz CT molecular complexity index is 628. The van der Waals surface area contributed by atoms with Crippen LogP contribution in [0.15, 0.2) is 48.5 Å². The zero-order chi connectivity index (χ0) is 15.9. The monoisotopic (exact) mass is 335 g/mol. The van der Waals surface area contributed by atoms with Crippen molar-refractivity contribution in [3.05, 3.63) is 65.2 Å². The van der Waals surface area contributed by atoms with E-state index in [0.717, 1.165) is 16.9 Å². The molecule has 0 radical (unpaired) electrons. The number of carbonyl (C=O) groups excluding carboxylic acids is 1. The molecule has 2 rings (SSSR count). The van der Waals surface area contributed by atoms with Gasteiger partial charge in [0.1, 0.15) is 18.4 Å². The number of esters is 1. The Hall–Kier alpha value is -2.04. The summed E-state index contributed by atoms with van der Waals surface area (Å²) in [5.41, 5.74) is 9.07. The number of rotatable bonds is 6. The lowest BCUT2D eigenvalue weighted by Gasteiger charge is -2.10. The molecule has 0 aliphatic carbocycles. The smallest absolute Gasteiger partial charge is 0.322 e. The molecular weight excluding hydrogens is 314 g/mol. The summed E-state index contributed by atoms with van der Waals surface area (Å²) in [6.07, 6.45) is 0.449. The standard InChI is InChI=1S/C18H21NO3.ClH/c1-13-4-3-5-15(10-13)12-22-16-8-6-14(7-9-16)11-17(19)18(20)21-2;/h3-10,17H,11-12,19H2,1-2H3;1H. The maximum atomic E-state index is 11.3. The fourth-order valence-corrected chi connectivity index (χ4v) is 2.18. The second kappa shape index (κ2) is 9.18. The quantitative estimate of drug-likeness (QED) is 0.824. The fraction of sp³-hybridized carbons (Fsp3) is 0.278. The highest BCUT2D eigenvalue weighted by Gasteiger charge is 2.13. The van der Waals surface area contributed by atoms with Crippen LogP contribution in [0.2, 0.25) is 0 Å². The molecule has 0 heterocycles. The van der Waals surface area contributed by atoms with E-state index >= 15 is 0 Å². The van der Waals surface area contributed by atoms with Crippen molar-refractivity contribution < 1.29 is 14.3 Å². The Morgan fingerprint density at radius 3 is 2.43 bits per heavy atom. The summed E-state index contributed by atoms with van der Waals surface area (Å²) >= 11 is 0. The van der Waals surface area contributed by atoms with Crippen LogP contribution in [-0.4, -0.2) is 19.1 Å². The molecule has 0 spiro atoms. The van der Waals surface area contributed by atoms with E-state index in [9.17, 15) is 4.79 Å². The van der Waals surface area contributed by atoms with Gasteiger partial charge in [-0.15, -0.1) is 12.4 Å². The summed E-state index contributed by atoms with van der Waals surface area (Å²) in [6, 6.07) is 15.2. The van der Waals surface area contributed by atoms with Gasteiger partial charge < -0.3 is 15.2 Å². The van der Waals surface area contributed by atoms with Gasteiger partial charge in [0.25, 0.3) is 0 Å². The molecule has 0 amide bonds. The van der Waals surface area contributed by atoms with Crippen molar-refractivity contribution in [1.29, 1.82) is 0 Å². The molecule has 0 saturated heterocycles. The van der Waals surface area contributed by atoms with Gasteiger partial charge in [0.2, 0.25) is 0 Å². The largest absolute Gasteiger partial charge is 0.489 e. The van der Waals surface area contributed by atoms with E-state index in [1.807, 2.05) is 36.4 Å². The first-order valence-electron chi connectivity index (χ1n) is 7.19. The van der Waals surface area contributed by atoms with Gasteiger partial charge in [-0.05, 0) is 36.6 Å². The minimum Gasteiger partial charge on any atom is -0.489 e. The minimum absolute atomic E-state index is 0. The molecule has 1 unspecified atom stereocenters. The van der Waals surface area contributed by atoms with Gasteiger partial charge in [0, 0.05) is 0 Å². The molecule has 124 valence electrons. The van der Waals surface area contributed by atoms with E-state index in [1.165, 1.54) is 12.7 Å². The predicted octanol–water partition coefficient (Wildman–Crippen LogP) is 3.04. The van der Waals surface area contributed by atoms with Crippen molar-refractivity contribution in [2.24, 2.45) is 5.73 Å². The molecular formula is C18H22ClNO3. The van der Waals surface area contributed by atoms with E-state index in [2.05, 4.69) is 23.8 Å². The molecule has 4 nitrogen and oxygen atoms in total. The molecule has 0 fully saturated rings. The summed E-state index contributed by atoms with van der Waals surface area (Å²) in [6.45, 7) is 2.59. The summed E-state index contributed by atoms with van der Waals surface area (Å²) in [4.78, 5) is 11.3. The highest BCUT2D eigenvalue weighted by molar-refractivity contribution is 5.85. The van der Waals surface area contributed by atoms with Crippen LogP contribution in [0.25, 0.3) is 0 Å². The summed E-state index contributed by atoms with van der Waals surface area (Å²) in [7, 11) is 1.34. The summed E-state index contributed by atoms with van der Waals surface area (Å²) < 4.78 is 10.4. The van der Waals surface area contributed by atoms with Crippen molar-refractivity contribution >= 4 is 18.4 Å². The maximum absolute atomic E-state index is 11.3. The van der Waals surface area contributed by atoms with Crippen LogP contribution in [0.1, 0.15) is 16.7 Å². The first kappa shape index (κ1) is 19.0. The Morgan fingerprint density at radius 2 is 1.83 bits per heavy atom. The third-order valence-corrected chi connectivity index (χ3v) is 3.37. The molecule has 0 bridgehead atoms. The molecule has 2 aromatic rings.